The fraction of sp³-hybridized carbons (Fsp3) is 0.333. The van der Waals surface area contributed by atoms with Crippen LogP contribution in [0.15, 0.2) is 35.2 Å². The van der Waals surface area contributed by atoms with E-state index in [1.807, 2.05) is 19.2 Å². The molecule has 1 N–H and O–H groups in total. The van der Waals surface area contributed by atoms with Crippen LogP contribution in [0.3, 0.4) is 0 Å². The molecule has 0 aromatic carbocycles. The summed E-state index contributed by atoms with van der Waals surface area (Å²) in [5.74, 6) is 2.33. The maximum atomic E-state index is 5.59. The van der Waals surface area contributed by atoms with E-state index >= 15 is 0 Å². The number of rotatable bonds is 5. The molecule has 4 aromatic heterocycles. The average molecular weight is 378 g/mol. The van der Waals surface area contributed by atoms with Gasteiger partial charge in [-0.1, -0.05) is 5.16 Å². The molecule has 0 amide bonds. The summed E-state index contributed by atoms with van der Waals surface area (Å²) in [6.07, 6.45) is 6.99. The van der Waals surface area contributed by atoms with Crippen LogP contribution in [-0.2, 0) is 18.3 Å². The van der Waals surface area contributed by atoms with Gasteiger partial charge in [-0.3, -0.25) is 9.67 Å². The maximum absolute atomic E-state index is 5.59. The van der Waals surface area contributed by atoms with Gasteiger partial charge in [0.2, 0.25) is 0 Å². The second-order valence-electron chi connectivity index (χ2n) is 6.54. The number of anilines is 1. The number of hydrogen-bond donors (Lipinski definition) is 1. The van der Waals surface area contributed by atoms with Crippen LogP contribution in [-0.4, -0.2) is 41.5 Å². The first-order valence-electron chi connectivity index (χ1n) is 9.06. The number of hydrogen-bond acceptors (Lipinski definition) is 9. The van der Waals surface area contributed by atoms with Gasteiger partial charge in [0.1, 0.15) is 11.9 Å². The zero-order valence-electron chi connectivity index (χ0n) is 15.2. The molecule has 142 valence electrons. The molecule has 0 spiro atoms. The SMILES string of the molecule is Cn1ncc2c(NCc3noc([C@H]4CCCO4)n3)nc(-c3ccncc3)nc21. The number of nitrogens with zero attached hydrogens (tertiary/aromatic N) is 7. The lowest BCUT2D eigenvalue weighted by atomic mass is 10.2. The Kier molecular flexibility index (Phi) is 4.17. The van der Waals surface area contributed by atoms with Crippen molar-refractivity contribution in [3.8, 4) is 11.4 Å². The molecule has 1 aliphatic rings. The Morgan fingerprint density at radius 1 is 1.21 bits per heavy atom. The second-order valence-corrected chi connectivity index (χ2v) is 6.54. The van der Waals surface area contributed by atoms with E-state index in [0.717, 1.165) is 36.0 Å². The minimum atomic E-state index is -0.0939. The second kappa shape index (κ2) is 6.97. The lowest BCUT2D eigenvalue weighted by Gasteiger charge is -2.07. The quantitative estimate of drug-likeness (QED) is 0.558. The number of pyridine rings is 1. The Morgan fingerprint density at radius 2 is 2.11 bits per heavy atom. The molecule has 1 aliphatic heterocycles. The van der Waals surface area contributed by atoms with E-state index in [1.54, 1.807) is 23.3 Å². The fourth-order valence-corrected chi connectivity index (χ4v) is 3.19. The Labute approximate surface area is 160 Å². The van der Waals surface area contributed by atoms with Gasteiger partial charge >= 0.3 is 0 Å². The van der Waals surface area contributed by atoms with Crippen LogP contribution in [0.5, 0.6) is 0 Å². The summed E-state index contributed by atoms with van der Waals surface area (Å²) in [5, 5.41) is 12.4. The topological polar surface area (TPSA) is 117 Å². The highest BCUT2D eigenvalue weighted by atomic mass is 16.5. The minimum Gasteiger partial charge on any atom is -0.368 e. The molecule has 0 unspecified atom stereocenters. The van der Waals surface area contributed by atoms with Gasteiger partial charge in [0.05, 0.1) is 18.1 Å². The molecule has 1 saturated heterocycles. The van der Waals surface area contributed by atoms with Gasteiger partial charge in [-0.2, -0.15) is 10.1 Å². The summed E-state index contributed by atoms with van der Waals surface area (Å²) >= 11 is 0. The van der Waals surface area contributed by atoms with Crippen molar-refractivity contribution in [2.45, 2.75) is 25.5 Å². The molecule has 10 heteroatoms. The van der Waals surface area contributed by atoms with Crippen molar-refractivity contribution >= 4 is 16.9 Å². The van der Waals surface area contributed by atoms with Crippen LogP contribution < -0.4 is 5.32 Å². The van der Waals surface area contributed by atoms with Gasteiger partial charge < -0.3 is 14.6 Å². The van der Waals surface area contributed by atoms with E-state index in [2.05, 4.69) is 35.5 Å². The smallest absolute Gasteiger partial charge is 0.255 e. The molecule has 10 nitrogen and oxygen atoms in total. The van der Waals surface area contributed by atoms with Crippen molar-refractivity contribution in [2.24, 2.45) is 7.05 Å². The van der Waals surface area contributed by atoms with E-state index in [0.29, 0.717) is 29.9 Å². The van der Waals surface area contributed by atoms with E-state index in [9.17, 15) is 0 Å². The predicted molar refractivity (Wildman–Crippen MR) is 99.1 cm³/mol. The Morgan fingerprint density at radius 3 is 2.93 bits per heavy atom. The van der Waals surface area contributed by atoms with Gasteiger partial charge in [0.25, 0.3) is 5.89 Å². The lowest BCUT2D eigenvalue weighted by molar-refractivity contribution is 0.0835. The third-order valence-electron chi connectivity index (χ3n) is 4.63. The van der Waals surface area contributed by atoms with Crippen LogP contribution in [0.2, 0.25) is 0 Å². The van der Waals surface area contributed by atoms with Crippen LogP contribution in [0.1, 0.15) is 30.7 Å². The van der Waals surface area contributed by atoms with Gasteiger partial charge in [0, 0.05) is 31.6 Å². The Hall–Kier alpha value is -3.40. The van der Waals surface area contributed by atoms with E-state index in [4.69, 9.17) is 9.26 Å². The molecule has 0 aliphatic carbocycles. The number of ether oxygens (including phenoxy) is 1. The first-order chi connectivity index (χ1) is 13.8. The Balaban J connectivity index is 1.43. The molecule has 1 atom stereocenters. The molecule has 28 heavy (non-hydrogen) atoms. The third-order valence-corrected chi connectivity index (χ3v) is 4.63. The molecule has 1 fully saturated rings. The molecule has 4 aromatic rings. The van der Waals surface area contributed by atoms with Crippen LogP contribution in [0.25, 0.3) is 22.4 Å². The molecule has 5 heterocycles. The van der Waals surface area contributed by atoms with Crippen molar-refractivity contribution < 1.29 is 9.26 Å². The highest BCUT2D eigenvalue weighted by Crippen LogP contribution is 2.27. The number of nitrogens with one attached hydrogen (secondary N) is 1. The predicted octanol–water partition coefficient (Wildman–Crippen LogP) is 2.27. The first-order valence-corrected chi connectivity index (χ1v) is 9.06. The van der Waals surface area contributed by atoms with E-state index in [1.165, 1.54) is 0 Å². The van der Waals surface area contributed by atoms with E-state index < -0.39 is 0 Å². The van der Waals surface area contributed by atoms with Crippen molar-refractivity contribution in [1.29, 1.82) is 0 Å². The normalized spacial score (nSPS) is 16.7. The van der Waals surface area contributed by atoms with Gasteiger partial charge in [-0.15, -0.1) is 0 Å². The molecule has 0 saturated carbocycles. The largest absolute Gasteiger partial charge is 0.368 e. The van der Waals surface area contributed by atoms with Crippen molar-refractivity contribution in [3.05, 3.63) is 42.4 Å². The van der Waals surface area contributed by atoms with Crippen molar-refractivity contribution in [1.82, 2.24) is 34.9 Å². The number of aromatic nitrogens is 7. The van der Waals surface area contributed by atoms with Gasteiger partial charge in [-0.05, 0) is 25.0 Å². The van der Waals surface area contributed by atoms with Crippen LogP contribution in [0, 0.1) is 0 Å². The van der Waals surface area contributed by atoms with Crippen LogP contribution in [0.4, 0.5) is 5.82 Å². The minimum absolute atomic E-state index is 0.0939. The summed E-state index contributed by atoms with van der Waals surface area (Å²) in [4.78, 5) is 17.8. The third kappa shape index (κ3) is 3.07. The van der Waals surface area contributed by atoms with Crippen molar-refractivity contribution in [3.63, 3.8) is 0 Å². The summed E-state index contributed by atoms with van der Waals surface area (Å²) in [5.41, 5.74) is 1.61. The first kappa shape index (κ1) is 16.8. The van der Waals surface area contributed by atoms with Crippen LogP contribution >= 0.6 is 0 Å². The zero-order valence-corrected chi connectivity index (χ0v) is 15.2. The highest BCUT2D eigenvalue weighted by molar-refractivity contribution is 5.88. The monoisotopic (exact) mass is 378 g/mol. The molecule has 0 radical (unpaired) electrons. The fourth-order valence-electron chi connectivity index (χ4n) is 3.19. The lowest BCUT2D eigenvalue weighted by Crippen LogP contribution is -2.06. The summed E-state index contributed by atoms with van der Waals surface area (Å²) in [6.45, 7) is 1.10. The van der Waals surface area contributed by atoms with Gasteiger partial charge in [0.15, 0.2) is 17.3 Å². The molecule has 0 bridgehead atoms. The summed E-state index contributed by atoms with van der Waals surface area (Å²) in [7, 11) is 1.85. The standard InChI is InChI=1S/C18H18N8O2/c1-26-17-12(9-21-26)16(23-15(24-17)11-4-6-19-7-5-11)20-10-14-22-18(28-25-14)13-3-2-8-27-13/h4-7,9,13H,2-3,8,10H2,1H3,(H,20,23,24)/t13-/m1/s1. The van der Waals surface area contributed by atoms with E-state index in [-0.39, 0.29) is 6.10 Å². The zero-order chi connectivity index (χ0) is 18.9. The summed E-state index contributed by atoms with van der Waals surface area (Å²) in [6, 6.07) is 3.74. The average Bonchev–Trinajstić information content (AvgIpc) is 3.48. The Bertz CT molecular complexity index is 1100. The molecular weight excluding hydrogens is 360 g/mol. The molecular formula is C18H18N8O2. The number of aryl methyl sites for hydroxylation is 1. The maximum Gasteiger partial charge on any atom is 0.255 e. The highest BCUT2D eigenvalue weighted by Gasteiger charge is 2.24. The summed E-state index contributed by atoms with van der Waals surface area (Å²) < 4.78 is 12.6. The number of fused-ring (bicyclic) bond motifs is 1. The molecule has 5 rings (SSSR count). The van der Waals surface area contributed by atoms with Crippen molar-refractivity contribution in [2.75, 3.05) is 11.9 Å². The van der Waals surface area contributed by atoms with Gasteiger partial charge in [-0.25, -0.2) is 9.97 Å².